The van der Waals surface area contributed by atoms with E-state index < -0.39 is 5.54 Å². The summed E-state index contributed by atoms with van der Waals surface area (Å²) in [5.41, 5.74) is 2.32. The lowest BCUT2D eigenvalue weighted by atomic mass is 9.78. The summed E-state index contributed by atoms with van der Waals surface area (Å²) in [6.45, 7) is 5.18. The molecule has 2 amide bonds. The van der Waals surface area contributed by atoms with Crippen molar-refractivity contribution in [1.29, 1.82) is 0 Å². The summed E-state index contributed by atoms with van der Waals surface area (Å²) in [6, 6.07) is 1.65. The van der Waals surface area contributed by atoms with E-state index in [1.807, 2.05) is 4.90 Å². The highest BCUT2D eigenvalue weighted by molar-refractivity contribution is 5.91. The lowest BCUT2D eigenvalue weighted by molar-refractivity contribution is -0.139. The van der Waals surface area contributed by atoms with Gasteiger partial charge in [0, 0.05) is 44.7 Å². The molecule has 1 saturated heterocycles. The molecule has 0 saturated carbocycles. The number of aromatic nitrogens is 3. The number of rotatable bonds is 1. The Morgan fingerprint density at radius 2 is 2.04 bits per heavy atom. The third-order valence-electron chi connectivity index (χ3n) is 5.36. The van der Waals surface area contributed by atoms with E-state index in [1.54, 1.807) is 31.1 Å². The van der Waals surface area contributed by atoms with Gasteiger partial charge in [0.25, 0.3) is 5.91 Å². The number of H-pyrrole nitrogens is 1. The lowest BCUT2D eigenvalue weighted by Gasteiger charge is -2.50. The third kappa shape index (κ3) is 2.43. The van der Waals surface area contributed by atoms with Crippen LogP contribution in [0.15, 0.2) is 16.9 Å². The van der Waals surface area contributed by atoms with Gasteiger partial charge in [0.15, 0.2) is 0 Å². The maximum Gasteiger partial charge on any atom is 0.292 e. The topological polar surface area (TPSA) is 95.3 Å². The molecule has 25 heavy (non-hydrogen) atoms. The van der Waals surface area contributed by atoms with E-state index in [1.165, 1.54) is 0 Å². The first-order valence-electron chi connectivity index (χ1n) is 8.55. The standard InChI is InChI=1S/C17H21N5O3/c1-11-9-14(25-20-11)16(24)21-7-4-17(5-8-21)15-13(18-10-19-15)3-6-22(17)12(2)23/h9-10H,3-8H2,1-2H3,(H,18,19). The Hall–Kier alpha value is -2.64. The van der Waals surface area contributed by atoms with Gasteiger partial charge in [0.05, 0.1) is 23.3 Å². The number of aryl methyl sites for hydroxylation is 1. The van der Waals surface area contributed by atoms with E-state index in [4.69, 9.17) is 4.52 Å². The first-order chi connectivity index (χ1) is 12.0. The molecular weight excluding hydrogens is 322 g/mol. The van der Waals surface area contributed by atoms with Crippen LogP contribution >= 0.6 is 0 Å². The van der Waals surface area contributed by atoms with Gasteiger partial charge in [0.1, 0.15) is 0 Å². The average Bonchev–Trinajstić information content (AvgIpc) is 3.24. The zero-order valence-corrected chi connectivity index (χ0v) is 14.4. The van der Waals surface area contributed by atoms with Gasteiger partial charge < -0.3 is 19.3 Å². The van der Waals surface area contributed by atoms with Gasteiger partial charge >= 0.3 is 0 Å². The van der Waals surface area contributed by atoms with E-state index in [2.05, 4.69) is 15.1 Å². The molecule has 0 bridgehead atoms. The van der Waals surface area contributed by atoms with Crippen LogP contribution in [-0.2, 0) is 16.8 Å². The number of hydrogen-bond donors (Lipinski definition) is 1. The Labute approximate surface area is 145 Å². The lowest BCUT2D eigenvalue weighted by Crippen LogP contribution is -2.58. The van der Waals surface area contributed by atoms with Crippen LogP contribution in [0.2, 0.25) is 0 Å². The molecule has 1 fully saturated rings. The van der Waals surface area contributed by atoms with Gasteiger partial charge in [-0.2, -0.15) is 0 Å². The highest BCUT2D eigenvalue weighted by atomic mass is 16.5. The fourth-order valence-electron chi connectivity index (χ4n) is 4.14. The minimum absolute atomic E-state index is 0.0549. The van der Waals surface area contributed by atoms with Gasteiger partial charge in [-0.15, -0.1) is 0 Å². The van der Waals surface area contributed by atoms with Crippen molar-refractivity contribution < 1.29 is 14.1 Å². The molecule has 1 N–H and O–H groups in total. The number of carbonyl (C=O) groups excluding carboxylic acids is 2. The number of imidazole rings is 1. The smallest absolute Gasteiger partial charge is 0.292 e. The van der Waals surface area contributed by atoms with Crippen molar-refractivity contribution in [2.45, 2.75) is 38.6 Å². The van der Waals surface area contributed by atoms with Crippen LogP contribution in [-0.4, -0.2) is 56.4 Å². The van der Waals surface area contributed by atoms with E-state index >= 15 is 0 Å². The Kier molecular flexibility index (Phi) is 3.63. The van der Waals surface area contributed by atoms with Crippen LogP contribution in [0, 0.1) is 6.92 Å². The second kappa shape index (κ2) is 5.72. The summed E-state index contributed by atoms with van der Waals surface area (Å²) >= 11 is 0. The van der Waals surface area contributed by atoms with E-state index in [0.29, 0.717) is 38.2 Å². The zero-order valence-electron chi connectivity index (χ0n) is 14.4. The first kappa shape index (κ1) is 15.9. The molecule has 2 aliphatic rings. The van der Waals surface area contributed by atoms with Crippen LogP contribution in [0.4, 0.5) is 0 Å². The van der Waals surface area contributed by atoms with Gasteiger partial charge in [-0.3, -0.25) is 9.59 Å². The van der Waals surface area contributed by atoms with Crippen molar-refractivity contribution in [1.82, 2.24) is 24.9 Å². The number of amides is 2. The van der Waals surface area contributed by atoms with Crippen molar-refractivity contribution in [3.8, 4) is 0 Å². The molecule has 0 aliphatic carbocycles. The van der Waals surface area contributed by atoms with Gasteiger partial charge in [-0.05, 0) is 19.8 Å². The molecule has 2 aromatic rings. The summed E-state index contributed by atoms with van der Waals surface area (Å²) in [7, 11) is 0. The molecule has 8 nitrogen and oxygen atoms in total. The number of nitrogens with zero attached hydrogens (tertiary/aromatic N) is 4. The van der Waals surface area contributed by atoms with E-state index in [9.17, 15) is 9.59 Å². The number of fused-ring (bicyclic) bond motifs is 2. The third-order valence-corrected chi connectivity index (χ3v) is 5.36. The molecule has 0 aromatic carbocycles. The van der Waals surface area contributed by atoms with Crippen LogP contribution in [0.25, 0.3) is 0 Å². The zero-order chi connectivity index (χ0) is 17.6. The van der Waals surface area contributed by atoms with Crippen molar-refractivity contribution in [2.75, 3.05) is 19.6 Å². The summed E-state index contributed by atoms with van der Waals surface area (Å²) in [6.07, 6.45) is 3.83. The van der Waals surface area contributed by atoms with Crippen molar-refractivity contribution in [2.24, 2.45) is 0 Å². The largest absolute Gasteiger partial charge is 0.351 e. The molecule has 1 spiro atoms. The number of hydrogen-bond acceptors (Lipinski definition) is 5. The number of nitrogens with one attached hydrogen (secondary N) is 1. The molecule has 132 valence electrons. The molecule has 4 heterocycles. The van der Waals surface area contributed by atoms with Gasteiger partial charge in [0.2, 0.25) is 11.7 Å². The molecule has 8 heteroatoms. The normalized spacial score (nSPS) is 19.1. The Bertz CT molecular complexity index is 816. The fourth-order valence-corrected chi connectivity index (χ4v) is 4.14. The summed E-state index contributed by atoms with van der Waals surface area (Å²) in [4.78, 5) is 36.2. The molecule has 0 radical (unpaired) electrons. The minimum atomic E-state index is -0.423. The fraction of sp³-hybridized carbons (Fsp3) is 0.529. The first-order valence-corrected chi connectivity index (χ1v) is 8.55. The quantitative estimate of drug-likeness (QED) is 0.840. The van der Waals surface area contributed by atoms with E-state index in [0.717, 1.165) is 17.8 Å². The molecule has 4 rings (SSSR count). The molecule has 2 aromatic heterocycles. The van der Waals surface area contributed by atoms with E-state index in [-0.39, 0.29) is 17.6 Å². The van der Waals surface area contributed by atoms with Crippen LogP contribution in [0.5, 0.6) is 0 Å². The second-order valence-corrected chi connectivity index (χ2v) is 6.81. The monoisotopic (exact) mass is 343 g/mol. The second-order valence-electron chi connectivity index (χ2n) is 6.81. The minimum Gasteiger partial charge on any atom is -0.351 e. The number of carbonyl (C=O) groups is 2. The van der Waals surface area contributed by atoms with Crippen molar-refractivity contribution in [3.63, 3.8) is 0 Å². The predicted molar refractivity (Wildman–Crippen MR) is 87.7 cm³/mol. The van der Waals surface area contributed by atoms with Crippen LogP contribution in [0.1, 0.15) is 47.4 Å². The SMILES string of the molecule is CC(=O)N1CCc2[nH]cnc2C12CCN(C(=O)c1cc(C)no1)CC2. The number of likely N-dealkylation sites (tertiary alicyclic amines) is 1. The predicted octanol–water partition coefficient (Wildman–Crippen LogP) is 1.24. The van der Waals surface area contributed by atoms with Crippen molar-refractivity contribution in [3.05, 3.63) is 35.2 Å². The maximum absolute atomic E-state index is 12.6. The number of piperidine rings is 1. The summed E-state index contributed by atoms with van der Waals surface area (Å²) in [5.74, 6) is 0.170. The molecular formula is C17H21N5O3. The Morgan fingerprint density at radius 1 is 1.28 bits per heavy atom. The Morgan fingerprint density at radius 3 is 2.68 bits per heavy atom. The highest BCUT2D eigenvalue weighted by Crippen LogP contribution is 2.42. The summed E-state index contributed by atoms with van der Waals surface area (Å²) < 4.78 is 5.10. The van der Waals surface area contributed by atoms with Crippen LogP contribution < -0.4 is 0 Å². The average molecular weight is 343 g/mol. The molecule has 0 unspecified atom stereocenters. The highest BCUT2D eigenvalue weighted by Gasteiger charge is 2.48. The van der Waals surface area contributed by atoms with Gasteiger partial charge in [-0.25, -0.2) is 4.98 Å². The van der Waals surface area contributed by atoms with Crippen molar-refractivity contribution >= 4 is 11.8 Å². The van der Waals surface area contributed by atoms with Gasteiger partial charge in [-0.1, -0.05) is 5.16 Å². The Balaban J connectivity index is 1.59. The van der Waals surface area contributed by atoms with Crippen LogP contribution in [0.3, 0.4) is 0 Å². The molecule has 2 aliphatic heterocycles. The summed E-state index contributed by atoms with van der Waals surface area (Å²) in [5, 5.41) is 3.78. The number of aromatic amines is 1. The molecule has 0 atom stereocenters. The maximum atomic E-state index is 12.6.